The molecule has 0 aliphatic carbocycles. The van der Waals surface area contributed by atoms with Crippen LogP contribution in [0.3, 0.4) is 0 Å². The molecule has 0 unspecified atom stereocenters. The van der Waals surface area contributed by atoms with E-state index in [4.69, 9.17) is 5.73 Å². The van der Waals surface area contributed by atoms with E-state index in [1.54, 1.807) is 6.08 Å². The van der Waals surface area contributed by atoms with Crippen LogP contribution in [0, 0.1) is 0 Å². The van der Waals surface area contributed by atoms with E-state index in [1.807, 2.05) is 48.5 Å². The Bertz CT molecular complexity index is 1070. The van der Waals surface area contributed by atoms with Gasteiger partial charge in [-0.3, -0.25) is 19.3 Å². The molecule has 1 fully saturated rings. The fourth-order valence-electron chi connectivity index (χ4n) is 3.13. The average Bonchev–Trinajstić information content (AvgIpc) is 2.88. The zero-order chi connectivity index (χ0) is 18.3. The average molecular weight is 362 g/mol. The predicted molar refractivity (Wildman–Crippen MR) is 103 cm³/mol. The van der Waals surface area contributed by atoms with Gasteiger partial charge in [-0.05, 0) is 51.0 Å². The number of hydrogen-bond donors (Lipinski definition) is 1. The highest BCUT2D eigenvalue weighted by Crippen LogP contribution is 2.36. The Hall–Kier alpha value is -3.12. The Balaban J connectivity index is 1.91. The van der Waals surface area contributed by atoms with Crippen LogP contribution in [0.4, 0.5) is 4.79 Å². The minimum Gasteiger partial charge on any atom is -0.368 e. The number of nitrogens with two attached hydrogens (primary N) is 1. The van der Waals surface area contributed by atoms with Crippen molar-refractivity contribution in [1.29, 1.82) is 0 Å². The highest BCUT2D eigenvalue weighted by molar-refractivity contribution is 8.18. The van der Waals surface area contributed by atoms with Crippen molar-refractivity contribution in [1.82, 2.24) is 4.90 Å². The third kappa shape index (κ3) is 2.74. The summed E-state index contributed by atoms with van der Waals surface area (Å²) in [6, 6.07) is 17.9. The monoisotopic (exact) mass is 362 g/mol. The van der Waals surface area contributed by atoms with Gasteiger partial charge in [0.2, 0.25) is 5.91 Å². The molecule has 1 aliphatic heterocycles. The molecular formula is C20H14N2O3S. The van der Waals surface area contributed by atoms with E-state index in [0.29, 0.717) is 0 Å². The van der Waals surface area contributed by atoms with Gasteiger partial charge in [0.25, 0.3) is 11.1 Å². The van der Waals surface area contributed by atoms with Crippen LogP contribution < -0.4 is 5.73 Å². The van der Waals surface area contributed by atoms with E-state index in [-0.39, 0.29) is 4.91 Å². The maximum atomic E-state index is 12.5. The minimum atomic E-state index is -0.718. The summed E-state index contributed by atoms with van der Waals surface area (Å²) in [4.78, 5) is 36.9. The van der Waals surface area contributed by atoms with Crippen LogP contribution in [0.5, 0.6) is 0 Å². The zero-order valence-electron chi connectivity index (χ0n) is 13.6. The number of carbonyl (C=O) groups excluding carboxylic acids is 3. The number of primary amides is 1. The Morgan fingerprint density at radius 3 is 2.15 bits per heavy atom. The molecule has 4 rings (SSSR count). The highest BCUT2D eigenvalue weighted by Gasteiger charge is 2.36. The molecule has 5 nitrogen and oxygen atoms in total. The predicted octanol–water partition coefficient (Wildman–Crippen LogP) is 3.51. The standard InChI is InChI=1S/C20H14N2O3S/c21-18(23)11-22-19(24)17(26-20(22)25)10-16-14-7-3-1-5-12(14)9-13-6-2-4-8-15(13)16/h1-10H,11H2,(H2,21,23)/b17-10-. The van der Waals surface area contributed by atoms with Crippen molar-refractivity contribution in [2.24, 2.45) is 5.73 Å². The minimum absolute atomic E-state index is 0.290. The first-order valence-electron chi connectivity index (χ1n) is 7.99. The van der Waals surface area contributed by atoms with Crippen LogP contribution in [0.1, 0.15) is 5.56 Å². The molecular weight excluding hydrogens is 348 g/mol. The number of rotatable bonds is 3. The summed E-state index contributed by atoms with van der Waals surface area (Å²) in [5.74, 6) is -1.21. The van der Waals surface area contributed by atoms with Gasteiger partial charge in [0.1, 0.15) is 6.54 Å². The van der Waals surface area contributed by atoms with E-state index >= 15 is 0 Å². The molecule has 0 bridgehead atoms. The van der Waals surface area contributed by atoms with Crippen LogP contribution in [0.25, 0.3) is 27.6 Å². The maximum absolute atomic E-state index is 12.5. The van der Waals surface area contributed by atoms with Gasteiger partial charge in [0.05, 0.1) is 4.91 Å². The van der Waals surface area contributed by atoms with Gasteiger partial charge < -0.3 is 5.73 Å². The summed E-state index contributed by atoms with van der Waals surface area (Å²) in [6.45, 7) is -0.404. The van der Waals surface area contributed by atoms with Crippen LogP contribution in [-0.4, -0.2) is 28.5 Å². The fourth-order valence-corrected chi connectivity index (χ4v) is 3.95. The van der Waals surface area contributed by atoms with E-state index in [2.05, 4.69) is 6.07 Å². The van der Waals surface area contributed by atoms with E-state index in [0.717, 1.165) is 43.8 Å². The normalized spacial score (nSPS) is 16.2. The first-order chi connectivity index (χ1) is 12.5. The third-order valence-electron chi connectivity index (χ3n) is 4.28. The number of thioether (sulfide) groups is 1. The molecule has 0 aromatic heterocycles. The molecule has 2 N–H and O–H groups in total. The van der Waals surface area contributed by atoms with Gasteiger partial charge in [0.15, 0.2) is 0 Å². The lowest BCUT2D eigenvalue weighted by Gasteiger charge is -2.10. The molecule has 0 atom stereocenters. The Labute approximate surface area is 153 Å². The molecule has 128 valence electrons. The van der Waals surface area contributed by atoms with E-state index in [1.165, 1.54) is 0 Å². The largest absolute Gasteiger partial charge is 0.368 e. The number of imide groups is 1. The van der Waals surface area contributed by atoms with Gasteiger partial charge in [-0.1, -0.05) is 48.5 Å². The number of amides is 3. The number of benzene rings is 3. The molecule has 3 aromatic carbocycles. The molecule has 3 amide bonds. The number of hydrogen-bond acceptors (Lipinski definition) is 4. The first kappa shape index (κ1) is 16.4. The van der Waals surface area contributed by atoms with E-state index < -0.39 is 23.6 Å². The molecule has 0 spiro atoms. The zero-order valence-corrected chi connectivity index (χ0v) is 14.5. The quantitative estimate of drug-likeness (QED) is 0.571. The fraction of sp³-hybridized carbons (Fsp3) is 0.0500. The van der Waals surface area contributed by atoms with Gasteiger partial charge >= 0.3 is 0 Å². The van der Waals surface area contributed by atoms with Crippen molar-refractivity contribution in [3.63, 3.8) is 0 Å². The third-order valence-corrected chi connectivity index (χ3v) is 5.18. The van der Waals surface area contributed by atoms with Crippen molar-refractivity contribution in [3.8, 4) is 0 Å². The van der Waals surface area contributed by atoms with E-state index in [9.17, 15) is 14.4 Å². The van der Waals surface area contributed by atoms with Gasteiger partial charge in [-0.2, -0.15) is 0 Å². The number of fused-ring (bicyclic) bond motifs is 2. The van der Waals surface area contributed by atoms with Crippen molar-refractivity contribution in [2.45, 2.75) is 0 Å². The summed E-state index contributed by atoms with van der Waals surface area (Å²) in [5, 5.41) is 3.60. The van der Waals surface area contributed by atoms with Crippen molar-refractivity contribution >= 4 is 56.4 Å². The summed E-state index contributed by atoms with van der Waals surface area (Å²) in [6.07, 6.45) is 1.73. The van der Waals surface area contributed by atoms with Crippen LogP contribution in [0.15, 0.2) is 59.5 Å². The smallest absolute Gasteiger partial charge is 0.294 e. The molecule has 0 saturated carbocycles. The van der Waals surface area contributed by atoms with Crippen LogP contribution >= 0.6 is 11.8 Å². The molecule has 1 heterocycles. The Kier molecular flexibility index (Phi) is 3.97. The Morgan fingerprint density at radius 1 is 1.00 bits per heavy atom. The maximum Gasteiger partial charge on any atom is 0.294 e. The second kappa shape index (κ2) is 6.31. The number of carbonyl (C=O) groups is 3. The summed E-state index contributed by atoms with van der Waals surface area (Å²) < 4.78 is 0. The lowest BCUT2D eigenvalue weighted by Crippen LogP contribution is -2.36. The highest BCUT2D eigenvalue weighted by atomic mass is 32.2. The lowest BCUT2D eigenvalue weighted by molar-refractivity contribution is -0.127. The van der Waals surface area contributed by atoms with Crippen molar-refractivity contribution < 1.29 is 14.4 Å². The van der Waals surface area contributed by atoms with Gasteiger partial charge in [-0.25, -0.2) is 0 Å². The topological polar surface area (TPSA) is 80.5 Å². The first-order valence-corrected chi connectivity index (χ1v) is 8.80. The molecule has 26 heavy (non-hydrogen) atoms. The second-order valence-corrected chi connectivity index (χ2v) is 6.96. The summed E-state index contributed by atoms with van der Waals surface area (Å²) >= 11 is 0.826. The van der Waals surface area contributed by atoms with Crippen LogP contribution in [-0.2, 0) is 9.59 Å². The second-order valence-electron chi connectivity index (χ2n) is 5.97. The van der Waals surface area contributed by atoms with Crippen LogP contribution in [0.2, 0.25) is 0 Å². The molecule has 0 radical (unpaired) electrons. The lowest BCUT2D eigenvalue weighted by atomic mass is 9.96. The summed E-state index contributed by atoms with van der Waals surface area (Å²) in [5.41, 5.74) is 6.01. The van der Waals surface area contributed by atoms with Gasteiger partial charge in [-0.15, -0.1) is 0 Å². The number of nitrogens with zero attached hydrogens (tertiary/aromatic N) is 1. The van der Waals surface area contributed by atoms with Crippen molar-refractivity contribution in [2.75, 3.05) is 6.54 Å². The molecule has 1 aliphatic rings. The van der Waals surface area contributed by atoms with Gasteiger partial charge in [0, 0.05) is 0 Å². The molecule has 6 heteroatoms. The summed E-state index contributed by atoms with van der Waals surface area (Å²) in [7, 11) is 0. The Morgan fingerprint density at radius 2 is 1.58 bits per heavy atom. The SMILES string of the molecule is NC(=O)CN1C(=O)S/C(=C\c2c3ccccc3cc3ccccc23)C1=O. The molecule has 3 aromatic rings. The van der Waals surface area contributed by atoms with Crippen molar-refractivity contribution in [3.05, 3.63) is 65.1 Å². The molecule has 1 saturated heterocycles.